The van der Waals surface area contributed by atoms with Crippen molar-refractivity contribution in [1.82, 2.24) is 10.9 Å². The fourth-order valence-corrected chi connectivity index (χ4v) is 0.857. The largest absolute Gasteiger partial charge is 0.350 e. The SMILES string of the molecule is NC(=O)NNC(=O)c1cc(F)ccc1F. The second-order valence-electron chi connectivity index (χ2n) is 2.57. The van der Waals surface area contributed by atoms with Gasteiger partial charge in [0, 0.05) is 0 Å². The zero-order chi connectivity index (χ0) is 11.4. The summed E-state index contributed by atoms with van der Waals surface area (Å²) in [7, 11) is 0. The lowest BCUT2D eigenvalue weighted by Gasteiger charge is -2.05. The zero-order valence-corrected chi connectivity index (χ0v) is 7.38. The molecule has 1 aromatic carbocycles. The zero-order valence-electron chi connectivity index (χ0n) is 7.38. The third-order valence-corrected chi connectivity index (χ3v) is 1.47. The van der Waals surface area contributed by atoms with Crippen LogP contribution in [0.3, 0.4) is 0 Å². The van der Waals surface area contributed by atoms with Crippen LogP contribution in [0.4, 0.5) is 13.6 Å². The van der Waals surface area contributed by atoms with Gasteiger partial charge >= 0.3 is 6.03 Å². The molecule has 7 heteroatoms. The highest BCUT2D eigenvalue weighted by Gasteiger charge is 2.12. The maximum Gasteiger partial charge on any atom is 0.330 e. The molecule has 15 heavy (non-hydrogen) atoms. The number of amides is 3. The lowest BCUT2D eigenvalue weighted by molar-refractivity contribution is 0.0933. The van der Waals surface area contributed by atoms with E-state index < -0.39 is 29.1 Å². The first kappa shape index (κ1) is 10.9. The number of carbonyl (C=O) groups excluding carboxylic acids is 2. The van der Waals surface area contributed by atoms with Gasteiger partial charge in [-0.05, 0) is 18.2 Å². The average molecular weight is 215 g/mol. The van der Waals surface area contributed by atoms with Gasteiger partial charge in [-0.25, -0.2) is 19.0 Å². The molecule has 1 aromatic rings. The minimum atomic E-state index is -1.01. The van der Waals surface area contributed by atoms with Crippen molar-refractivity contribution in [3.63, 3.8) is 0 Å². The first-order chi connectivity index (χ1) is 7.00. The Labute approximate surface area is 83.2 Å². The van der Waals surface area contributed by atoms with Gasteiger partial charge in [-0.2, -0.15) is 0 Å². The second-order valence-corrected chi connectivity index (χ2v) is 2.57. The number of rotatable bonds is 1. The van der Waals surface area contributed by atoms with Crippen LogP contribution in [0.1, 0.15) is 10.4 Å². The predicted octanol–water partition coefficient (Wildman–Crippen LogP) is 0.278. The van der Waals surface area contributed by atoms with Gasteiger partial charge in [0.1, 0.15) is 11.6 Å². The second kappa shape index (κ2) is 4.36. The van der Waals surface area contributed by atoms with Crippen LogP contribution in [0.15, 0.2) is 18.2 Å². The van der Waals surface area contributed by atoms with E-state index in [0.717, 1.165) is 12.1 Å². The number of nitrogens with one attached hydrogen (secondary N) is 2. The van der Waals surface area contributed by atoms with E-state index in [1.165, 1.54) is 0 Å². The van der Waals surface area contributed by atoms with Crippen molar-refractivity contribution < 1.29 is 18.4 Å². The monoisotopic (exact) mass is 215 g/mol. The highest BCUT2D eigenvalue weighted by Crippen LogP contribution is 2.08. The van der Waals surface area contributed by atoms with E-state index in [4.69, 9.17) is 0 Å². The summed E-state index contributed by atoms with van der Waals surface area (Å²) >= 11 is 0. The molecule has 0 saturated heterocycles. The maximum absolute atomic E-state index is 13.0. The molecule has 0 unspecified atom stereocenters. The minimum Gasteiger partial charge on any atom is -0.350 e. The fraction of sp³-hybridized carbons (Fsp3) is 0. The lowest BCUT2D eigenvalue weighted by Crippen LogP contribution is -2.44. The molecule has 0 fully saturated rings. The maximum atomic E-state index is 13.0. The summed E-state index contributed by atoms with van der Waals surface area (Å²) in [5, 5.41) is 0. The summed E-state index contributed by atoms with van der Waals surface area (Å²) in [5.41, 5.74) is 7.67. The Hall–Kier alpha value is -2.18. The number of hydrazine groups is 1. The number of hydrogen-bond acceptors (Lipinski definition) is 2. The van der Waals surface area contributed by atoms with Gasteiger partial charge in [-0.15, -0.1) is 0 Å². The molecule has 0 radical (unpaired) electrons. The van der Waals surface area contributed by atoms with Crippen LogP contribution < -0.4 is 16.6 Å². The summed E-state index contributed by atoms with van der Waals surface area (Å²) in [6.07, 6.45) is 0. The van der Waals surface area contributed by atoms with E-state index in [-0.39, 0.29) is 0 Å². The number of benzene rings is 1. The van der Waals surface area contributed by atoms with Crippen LogP contribution >= 0.6 is 0 Å². The van der Waals surface area contributed by atoms with Gasteiger partial charge in [0.2, 0.25) is 0 Å². The summed E-state index contributed by atoms with van der Waals surface area (Å²) < 4.78 is 25.6. The molecule has 0 aliphatic rings. The van der Waals surface area contributed by atoms with Gasteiger partial charge in [0.15, 0.2) is 0 Å². The van der Waals surface area contributed by atoms with Crippen molar-refractivity contribution in [1.29, 1.82) is 0 Å². The van der Waals surface area contributed by atoms with Crippen LogP contribution in [0.5, 0.6) is 0 Å². The summed E-state index contributed by atoms with van der Waals surface area (Å²) in [6, 6.07) is 1.36. The molecule has 4 N–H and O–H groups in total. The molecule has 0 atom stereocenters. The van der Waals surface area contributed by atoms with Crippen LogP contribution in [-0.2, 0) is 0 Å². The molecule has 3 amide bonds. The average Bonchev–Trinajstić information content (AvgIpc) is 2.18. The number of halogens is 2. The Bertz CT molecular complexity index is 409. The molecule has 5 nitrogen and oxygen atoms in total. The van der Waals surface area contributed by atoms with Crippen LogP contribution in [0, 0.1) is 11.6 Å². The van der Waals surface area contributed by atoms with Crippen molar-refractivity contribution in [2.75, 3.05) is 0 Å². The smallest absolute Gasteiger partial charge is 0.330 e. The summed E-state index contributed by atoms with van der Waals surface area (Å²) in [4.78, 5) is 21.3. The fourth-order valence-electron chi connectivity index (χ4n) is 0.857. The molecule has 0 aliphatic heterocycles. The molecule has 0 aromatic heterocycles. The Kier molecular flexibility index (Phi) is 3.17. The number of carbonyl (C=O) groups is 2. The van der Waals surface area contributed by atoms with Crippen molar-refractivity contribution in [3.8, 4) is 0 Å². The number of nitrogens with two attached hydrogens (primary N) is 1. The number of hydrogen-bond donors (Lipinski definition) is 3. The lowest BCUT2D eigenvalue weighted by atomic mass is 10.2. The third kappa shape index (κ3) is 2.90. The summed E-state index contributed by atoms with van der Waals surface area (Å²) in [5.74, 6) is -2.66. The Balaban J connectivity index is 2.81. The van der Waals surface area contributed by atoms with Crippen molar-refractivity contribution in [2.24, 2.45) is 5.73 Å². The summed E-state index contributed by atoms with van der Waals surface area (Å²) in [6.45, 7) is 0. The first-order valence-electron chi connectivity index (χ1n) is 3.81. The quantitative estimate of drug-likeness (QED) is 0.588. The van der Waals surface area contributed by atoms with E-state index in [1.807, 2.05) is 0 Å². The van der Waals surface area contributed by atoms with Crippen molar-refractivity contribution in [2.45, 2.75) is 0 Å². The number of primary amides is 1. The van der Waals surface area contributed by atoms with Gasteiger partial charge in [-0.3, -0.25) is 10.2 Å². The van der Waals surface area contributed by atoms with E-state index in [0.29, 0.717) is 6.07 Å². The molecule has 1 rings (SSSR count). The minimum absolute atomic E-state index is 0.524. The Morgan fingerprint density at radius 3 is 2.47 bits per heavy atom. The molecule has 0 aliphatic carbocycles. The van der Waals surface area contributed by atoms with Crippen LogP contribution in [-0.4, -0.2) is 11.9 Å². The van der Waals surface area contributed by atoms with Crippen molar-refractivity contribution in [3.05, 3.63) is 35.4 Å². The van der Waals surface area contributed by atoms with Gasteiger partial charge in [-0.1, -0.05) is 0 Å². The molecule has 0 spiro atoms. The Morgan fingerprint density at radius 2 is 1.87 bits per heavy atom. The number of urea groups is 1. The van der Waals surface area contributed by atoms with Crippen LogP contribution in [0.2, 0.25) is 0 Å². The van der Waals surface area contributed by atoms with Gasteiger partial charge in [0.25, 0.3) is 5.91 Å². The molecular weight excluding hydrogens is 208 g/mol. The highest BCUT2D eigenvalue weighted by atomic mass is 19.1. The van der Waals surface area contributed by atoms with Crippen molar-refractivity contribution >= 4 is 11.9 Å². The molecule has 80 valence electrons. The van der Waals surface area contributed by atoms with E-state index in [2.05, 4.69) is 5.73 Å². The topological polar surface area (TPSA) is 84.2 Å². The highest BCUT2D eigenvalue weighted by molar-refractivity contribution is 5.95. The molecular formula is C8H7F2N3O2. The van der Waals surface area contributed by atoms with Crippen LogP contribution in [0.25, 0.3) is 0 Å². The van der Waals surface area contributed by atoms with Gasteiger partial charge in [0.05, 0.1) is 5.56 Å². The predicted molar refractivity (Wildman–Crippen MR) is 46.5 cm³/mol. The molecule has 0 heterocycles. The normalized spacial score (nSPS) is 9.47. The third-order valence-electron chi connectivity index (χ3n) is 1.47. The molecule has 0 bridgehead atoms. The van der Waals surface area contributed by atoms with E-state index in [1.54, 1.807) is 10.9 Å². The molecule has 0 saturated carbocycles. The van der Waals surface area contributed by atoms with Gasteiger partial charge < -0.3 is 5.73 Å². The standard InChI is InChI=1S/C8H7F2N3O2/c9-4-1-2-6(10)5(3-4)7(14)12-13-8(11)15/h1-3H,(H,12,14)(H3,11,13,15). The first-order valence-corrected chi connectivity index (χ1v) is 3.81. The van der Waals surface area contributed by atoms with E-state index >= 15 is 0 Å². The Morgan fingerprint density at radius 1 is 1.20 bits per heavy atom. The van der Waals surface area contributed by atoms with E-state index in [9.17, 15) is 18.4 Å².